The second kappa shape index (κ2) is 6.86. The molecular weight excluding hydrogens is 399 g/mol. The van der Waals surface area contributed by atoms with Crippen LogP contribution in [0.25, 0.3) is 11.0 Å². The minimum Gasteiger partial charge on any atom is -0.342 e. The Labute approximate surface area is 160 Å². The minimum atomic E-state index is -4.40. The van der Waals surface area contributed by atoms with E-state index < -0.39 is 19.7 Å². The Kier molecular flexibility index (Phi) is 5.15. The molecular formula is C17H22ClF3N3O2Si+. The summed E-state index contributed by atoms with van der Waals surface area (Å²) in [5.41, 5.74) is -1.66. The van der Waals surface area contributed by atoms with Crippen molar-refractivity contribution in [1.29, 1.82) is 0 Å². The van der Waals surface area contributed by atoms with Crippen LogP contribution < -0.4 is 4.98 Å². The normalized spacial score (nSPS) is 16.7. The van der Waals surface area contributed by atoms with E-state index in [0.717, 1.165) is 6.04 Å². The van der Waals surface area contributed by atoms with Gasteiger partial charge in [0.25, 0.3) is 5.65 Å². The van der Waals surface area contributed by atoms with Gasteiger partial charge in [0.2, 0.25) is 0 Å². The van der Waals surface area contributed by atoms with Crippen molar-refractivity contribution in [1.82, 2.24) is 4.57 Å². The smallest absolute Gasteiger partial charge is 0.342 e. The van der Waals surface area contributed by atoms with E-state index in [1.54, 1.807) is 4.57 Å². The van der Waals surface area contributed by atoms with Crippen LogP contribution in [0.4, 0.5) is 18.9 Å². The van der Waals surface area contributed by atoms with Gasteiger partial charge in [0.05, 0.1) is 11.6 Å². The van der Waals surface area contributed by atoms with Crippen LogP contribution >= 0.6 is 11.6 Å². The number of pyridine rings is 1. The van der Waals surface area contributed by atoms with E-state index in [0.29, 0.717) is 12.3 Å². The van der Waals surface area contributed by atoms with Crippen LogP contribution in [0.15, 0.2) is 17.4 Å². The molecule has 0 radical (unpaired) electrons. The molecule has 1 aliphatic carbocycles. The summed E-state index contributed by atoms with van der Waals surface area (Å²) >= 11 is 6.00. The number of nitrogens with zero attached hydrogens (tertiary/aromatic N) is 2. The third kappa shape index (κ3) is 3.90. The number of aromatic amines is 1. The van der Waals surface area contributed by atoms with Gasteiger partial charge < -0.3 is 4.74 Å². The zero-order chi connectivity index (χ0) is 20.0. The number of aromatic nitrogens is 2. The lowest BCUT2D eigenvalue weighted by Gasteiger charge is -2.17. The molecule has 0 aliphatic heterocycles. The van der Waals surface area contributed by atoms with Crippen LogP contribution in [0, 0.1) is 4.91 Å². The van der Waals surface area contributed by atoms with Crippen LogP contribution in [-0.4, -0.2) is 25.4 Å². The Hall–Kier alpha value is -1.45. The summed E-state index contributed by atoms with van der Waals surface area (Å²) in [6.45, 7) is 7.25. The lowest BCUT2D eigenvalue weighted by molar-refractivity contribution is -0.347. The highest BCUT2D eigenvalue weighted by Crippen LogP contribution is 2.61. The number of fused-ring (bicyclic) bond motifs is 1. The number of alkyl halides is 3. The molecule has 27 heavy (non-hydrogen) atoms. The van der Waals surface area contributed by atoms with E-state index in [2.05, 4.69) is 29.8 Å². The second-order valence-corrected chi connectivity index (χ2v) is 14.3. The molecule has 1 saturated carbocycles. The fourth-order valence-electron chi connectivity index (χ4n) is 3.20. The van der Waals surface area contributed by atoms with E-state index in [4.69, 9.17) is 16.3 Å². The Morgan fingerprint density at radius 2 is 2.04 bits per heavy atom. The predicted molar refractivity (Wildman–Crippen MR) is 100 cm³/mol. The van der Waals surface area contributed by atoms with E-state index >= 15 is 0 Å². The van der Waals surface area contributed by atoms with Crippen molar-refractivity contribution in [2.24, 2.45) is 5.18 Å². The highest BCUT2D eigenvalue weighted by molar-refractivity contribution is 6.76. The maximum absolute atomic E-state index is 13.7. The molecule has 0 bridgehead atoms. The molecule has 0 saturated heterocycles. The Morgan fingerprint density at radius 3 is 2.56 bits per heavy atom. The molecule has 0 spiro atoms. The third-order valence-electron chi connectivity index (χ3n) is 4.97. The van der Waals surface area contributed by atoms with E-state index in [9.17, 15) is 18.1 Å². The first-order valence-corrected chi connectivity index (χ1v) is 12.8. The van der Waals surface area contributed by atoms with Crippen LogP contribution in [0.3, 0.4) is 0 Å². The largest absolute Gasteiger partial charge is 0.398 e. The van der Waals surface area contributed by atoms with Gasteiger partial charge in [0, 0.05) is 26.3 Å². The highest BCUT2D eigenvalue weighted by atomic mass is 35.5. The van der Waals surface area contributed by atoms with Gasteiger partial charge in [-0.05, 0) is 35.7 Å². The van der Waals surface area contributed by atoms with Crippen LogP contribution in [-0.2, 0) is 16.9 Å². The number of ether oxygens (including phenoxy) is 1. The van der Waals surface area contributed by atoms with Gasteiger partial charge in [-0.1, -0.05) is 19.6 Å². The molecule has 2 aromatic heterocycles. The average Bonchev–Trinajstić information content (AvgIpc) is 3.28. The summed E-state index contributed by atoms with van der Waals surface area (Å²) in [5.74, 6) is 0. The summed E-state index contributed by atoms with van der Waals surface area (Å²) in [5, 5.41) is 3.21. The van der Waals surface area contributed by atoms with Crippen molar-refractivity contribution in [2.45, 2.75) is 56.8 Å². The maximum Gasteiger partial charge on any atom is 0.398 e. The van der Waals surface area contributed by atoms with Crippen LogP contribution in [0.2, 0.25) is 30.8 Å². The second-order valence-electron chi connectivity index (χ2n) is 8.26. The van der Waals surface area contributed by atoms with Crippen LogP contribution in [0.5, 0.6) is 0 Å². The first kappa shape index (κ1) is 20.3. The number of halogens is 4. The lowest BCUT2D eigenvalue weighted by Crippen LogP contribution is -2.28. The van der Waals surface area contributed by atoms with Crippen LogP contribution in [0.1, 0.15) is 18.4 Å². The Balaban J connectivity index is 2.02. The summed E-state index contributed by atoms with van der Waals surface area (Å²) in [7, 11) is -1.28. The Bertz CT molecular complexity index is 873. The molecule has 5 nitrogen and oxygen atoms in total. The number of rotatable bonds is 7. The fourth-order valence-corrected chi connectivity index (χ4v) is 4.15. The molecule has 0 unspecified atom stereocenters. The standard InChI is InChI=1S/C17H21ClF3N3O2Si/c1-27(2,3)7-6-26-10-24-9-11(16(4-5-16)17(19,20)21)14-12(23-25)8-13(18)22-15(14)24/h8-9H,4-7,10H2,1-3H3/p+1. The molecule has 2 aromatic rings. The van der Waals surface area contributed by atoms with Gasteiger partial charge in [-0.2, -0.15) is 13.2 Å². The monoisotopic (exact) mass is 420 g/mol. The molecule has 0 aromatic carbocycles. The molecule has 148 valence electrons. The summed E-state index contributed by atoms with van der Waals surface area (Å²) in [4.78, 5) is 14.1. The van der Waals surface area contributed by atoms with Gasteiger partial charge in [-0.15, -0.1) is 4.91 Å². The zero-order valence-corrected chi connectivity index (χ0v) is 17.2. The molecule has 3 rings (SSSR count). The van der Waals surface area contributed by atoms with Crippen molar-refractivity contribution in [3.05, 3.63) is 27.9 Å². The molecule has 0 atom stereocenters. The number of nitrogens with one attached hydrogen (secondary N) is 1. The highest BCUT2D eigenvalue weighted by Gasteiger charge is 2.66. The van der Waals surface area contributed by atoms with Gasteiger partial charge >= 0.3 is 6.18 Å². The Morgan fingerprint density at radius 1 is 1.37 bits per heavy atom. The average molecular weight is 421 g/mol. The zero-order valence-electron chi connectivity index (χ0n) is 15.4. The van der Waals surface area contributed by atoms with Gasteiger partial charge in [0.1, 0.15) is 11.1 Å². The van der Waals surface area contributed by atoms with Crippen molar-refractivity contribution >= 4 is 36.4 Å². The summed E-state index contributed by atoms with van der Waals surface area (Å²) < 4.78 is 48.3. The molecule has 1 fully saturated rings. The molecule has 2 heterocycles. The van der Waals surface area contributed by atoms with Gasteiger partial charge in [-0.3, -0.25) is 0 Å². The maximum atomic E-state index is 13.7. The minimum absolute atomic E-state index is 0.00693. The lowest BCUT2D eigenvalue weighted by atomic mass is 9.95. The van der Waals surface area contributed by atoms with Crippen molar-refractivity contribution in [3.8, 4) is 0 Å². The van der Waals surface area contributed by atoms with Crippen molar-refractivity contribution in [2.75, 3.05) is 6.61 Å². The topological polar surface area (TPSA) is 57.7 Å². The fraction of sp³-hybridized carbons (Fsp3) is 0.588. The number of hydrogen-bond acceptors (Lipinski definition) is 3. The van der Waals surface area contributed by atoms with E-state index in [-0.39, 0.29) is 41.4 Å². The summed E-state index contributed by atoms with van der Waals surface area (Å²) in [6, 6.07) is 2.19. The molecule has 10 heteroatoms. The first-order chi connectivity index (χ1) is 12.5. The molecule has 1 N–H and O–H groups in total. The first-order valence-electron chi connectivity index (χ1n) is 8.71. The van der Waals surface area contributed by atoms with Gasteiger partial charge in [0.15, 0.2) is 11.9 Å². The molecule has 1 aliphatic rings. The van der Waals surface area contributed by atoms with E-state index in [1.807, 2.05) is 0 Å². The quantitative estimate of drug-likeness (QED) is 0.260. The molecule has 0 amide bonds. The predicted octanol–water partition coefficient (Wildman–Crippen LogP) is 5.41. The third-order valence-corrected chi connectivity index (χ3v) is 6.88. The van der Waals surface area contributed by atoms with Crippen molar-refractivity contribution < 1.29 is 22.9 Å². The van der Waals surface area contributed by atoms with E-state index in [1.165, 1.54) is 12.3 Å². The number of H-pyrrole nitrogens is 1. The number of nitroso groups, excluding NO2 is 1. The number of hydrogen-bond donors (Lipinski definition) is 0. The van der Waals surface area contributed by atoms with Gasteiger partial charge in [-0.25, -0.2) is 9.55 Å². The van der Waals surface area contributed by atoms with Crippen molar-refractivity contribution in [3.63, 3.8) is 0 Å². The SMILES string of the molecule is C[Si](C)(C)CCOCn1cc(C2(C(F)(F)F)CC2)c2c(N=O)cc(Cl)[nH+]c21. The summed E-state index contributed by atoms with van der Waals surface area (Å²) in [6.07, 6.45) is -2.99.